The van der Waals surface area contributed by atoms with Crippen LogP contribution >= 0.6 is 0 Å². The van der Waals surface area contributed by atoms with Crippen LogP contribution in [0.5, 0.6) is 0 Å². The summed E-state index contributed by atoms with van der Waals surface area (Å²) in [5.41, 5.74) is -0.781. The van der Waals surface area contributed by atoms with Crippen molar-refractivity contribution in [2.24, 2.45) is 0 Å². The summed E-state index contributed by atoms with van der Waals surface area (Å²) in [5.74, 6) is -2.17. The average molecular weight is 272 g/mol. The summed E-state index contributed by atoms with van der Waals surface area (Å²) in [7, 11) is 0. The SMILES string of the molecule is O=C1NC(=O)N(Cc2cccc(C(F)(F)F)c2)C1=O. The van der Waals surface area contributed by atoms with Gasteiger partial charge in [-0.15, -0.1) is 0 Å². The Labute approximate surface area is 105 Å². The first-order valence-electron chi connectivity index (χ1n) is 5.12. The zero-order valence-electron chi connectivity index (χ0n) is 9.32. The minimum atomic E-state index is -4.51. The van der Waals surface area contributed by atoms with Crippen LogP contribution in [-0.2, 0) is 22.3 Å². The third-order valence-electron chi connectivity index (χ3n) is 2.50. The number of urea groups is 1. The number of halogens is 3. The summed E-state index contributed by atoms with van der Waals surface area (Å²) in [6.45, 7) is -0.389. The van der Waals surface area contributed by atoms with Gasteiger partial charge in [0.2, 0.25) is 0 Å². The smallest absolute Gasteiger partial charge is 0.269 e. The molecule has 8 heteroatoms. The summed E-state index contributed by atoms with van der Waals surface area (Å²) in [6.07, 6.45) is -4.51. The van der Waals surface area contributed by atoms with Crippen molar-refractivity contribution >= 4 is 17.8 Å². The van der Waals surface area contributed by atoms with Crippen LogP contribution in [0, 0.1) is 0 Å². The Bertz CT molecular complexity index is 569. The highest BCUT2D eigenvalue weighted by molar-refractivity contribution is 6.44. The van der Waals surface area contributed by atoms with Crippen molar-refractivity contribution in [1.29, 1.82) is 0 Å². The molecule has 1 N–H and O–H groups in total. The van der Waals surface area contributed by atoms with Crippen molar-refractivity contribution in [2.75, 3.05) is 0 Å². The fourth-order valence-electron chi connectivity index (χ4n) is 1.61. The van der Waals surface area contributed by atoms with Gasteiger partial charge < -0.3 is 0 Å². The van der Waals surface area contributed by atoms with Gasteiger partial charge in [0.05, 0.1) is 12.1 Å². The van der Waals surface area contributed by atoms with E-state index in [4.69, 9.17) is 0 Å². The van der Waals surface area contributed by atoms with E-state index in [-0.39, 0.29) is 12.1 Å². The van der Waals surface area contributed by atoms with Crippen LogP contribution in [0.2, 0.25) is 0 Å². The number of benzene rings is 1. The van der Waals surface area contributed by atoms with Crippen molar-refractivity contribution in [3.05, 3.63) is 35.4 Å². The molecular formula is C11H7F3N2O3. The molecule has 100 valence electrons. The molecule has 19 heavy (non-hydrogen) atoms. The number of amides is 4. The molecule has 1 heterocycles. The van der Waals surface area contributed by atoms with Gasteiger partial charge in [0.15, 0.2) is 0 Å². The molecule has 1 aromatic carbocycles. The van der Waals surface area contributed by atoms with Gasteiger partial charge in [-0.05, 0) is 17.7 Å². The molecule has 1 aliphatic rings. The van der Waals surface area contributed by atoms with Crippen LogP contribution in [0.1, 0.15) is 11.1 Å². The summed E-state index contributed by atoms with van der Waals surface area (Å²) in [6, 6.07) is 3.26. The van der Waals surface area contributed by atoms with E-state index in [1.54, 1.807) is 5.32 Å². The first-order chi connectivity index (χ1) is 8.79. The summed E-state index contributed by atoms with van der Waals surface area (Å²) >= 11 is 0. The van der Waals surface area contributed by atoms with E-state index in [1.165, 1.54) is 12.1 Å². The van der Waals surface area contributed by atoms with Gasteiger partial charge in [-0.25, -0.2) is 4.79 Å². The predicted molar refractivity (Wildman–Crippen MR) is 55.5 cm³/mol. The number of imide groups is 2. The fraction of sp³-hybridized carbons (Fsp3) is 0.182. The van der Waals surface area contributed by atoms with E-state index in [0.717, 1.165) is 12.1 Å². The molecule has 0 unspecified atom stereocenters. The number of carbonyl (C=O) groups excluding carboxylic acids is 3. The number of hydrogen-bond donors (Lipinski definition) is 1. The number of carbonyl (C=O) groups is 3. The maximum atomic E-state index is 12.5. The monoisotopic (exact) mass is 272 g/mol. The lowest BCUT2D eigenvalue weighted by molar-refractivity contribution is -0.140. The topological polar surface area (TPSA) is 66.5 Å². The summed E-state index contributed by atoms with van der Waals surface area (Å²) < 4.78 is 37.4. The third kappa shape index (κ3) is 2.56. The first-order valence-corrected chi connectivity index (χ1v) is 5.12. The van der Waals surface area contributed by atoms with Gasteiger partial charge in [0.25, 0.3) is 0 Å². The number of nitrogens with zero attached hydrogens (tertiary/aromatic N) is 1. The Balaban J connectivity index is 2.23. The summed E-state index contributed by atoms with van der Waals surface area (Å²) in [5, 5.41) is 1.76. The normalized spacial score (nSPS) is 15.9. The number of hydrogen-bond acceptors (Lipinski definition) is 3. The number of rotatable bonds is 2. The fourth-order valence-corrected chi connectivity index (χ4v) is 1.61. The van der Waals surface area contributed by atoms with Gasteiger partial charge in [-0.3, -0.25) is 19.8 Å². The average Bonchev–Trinajstić information content (AvgIpc) is 2.55. The van der Waals surface area contributed by atoms with Crippen molar-refractivity contribution < 1.29 is 27.6 Å². The third-order valence-corrected chi connectivity index (χ3v) is 2.50. The van der Waals surface area contributed by atoms with E-state index in [1.807, 2.05) is 0 Å². The molecule has 0 spiro atoms. The molecule has 0 aromatic heterocycles. The molecule has 0 saturated carbocycles. The molecule has 1 fully saturated rings. The molecule has 5 nitrogen and oxygen atoms in total. The standard InChI is InChI=1S/C11H7F3N2O3/c12-11(13,14)7-3-1-2-6(4-7)5-16-9(18)8(17)15-10(16)19/h1-4H,5H2,(H,15,17,19). The molecule has 0 atom stereocenters. The highest BCUT2D eigenvalue weighted by Gasteiger charge is 2.37. The maximum absolute atomic E-state index is 12.5. The lowest BCUT2D eigenvalue weighted by atomic mass is 10.1. The second-order valence-electron chi connectivity index (χ2n) is 3.85. The molecule has 1 saturated heterocycles. The maximum Gasteiger partial charge on any atom is 0.416 e. The highest BCUT2D eigenvalue weighted by Crippen LogP contribution is 2.29. The van der Waals surface area contributed by atoms with Gasteiger partial charge in [0, 0.05) is 0 Å². The van der Waals surface area contributed by atoms with Gasteiger partial charge in [-0.1, -0.05) is 12.1 Å². The molecule has 0 radical (unpaired) electrons. The van der Waals surface area contributed by atoms with Crippen LogP contribution in [0.25, 0.3) is 0 Å². The molecule has 2 rings (SSSR count). The lowest BCUT2D eigenvalue weighted by Gasteiger charge is -2.13. The van der Waals surface area contributed by atoms with Crippen molar-refractivity contribution in [1.82, 2.24) is 10.2 Å². The minimum absolute atomic E-state index is 0.105. The highest BCUT2D eigenvalue weighted by atomic mass is 19.4. The van der Waals surface area contributed by atoms with Crippen molar-refractivity contribution in [3.8, 4) is 0 Å². The Kier molecular flexibility index (Phi) is 3.01. The van der Waals surface area contributed by atoms with E-state index in [2.05, 4.69) is 0 Å². The van der Waals surface area contributed by atoms with Crippen molar-refractivity contribution in [3.63, 3.8) is 0 Å². The van der Waals surface area contributed by atoms with Gasteiger partial charge >= 0.3 is 24.0 Å². The van der Waals surface area contributed by atoms with Crippen LogP contribution in [0.4, 0.5) is 18.0 Å². The zero-order valence-corrected chi connectivity index (χ0v) is 9.32. The van der Waals surface area contributed by atoms with E-state index in [0.29, 0.717) is 4.90 Å². The molecular weight excluding hydrogens is 265 g/mol. The second-order valence-corrected chi connectivity index (χ2v) is 3.85. The molecule has 1 aromatic rings. The number of alkyl halides is 3. The first kappa shape index (κ1) is 13.1. The Morgan fingerprint density at radius 3 is 2.37 bits per heavy atom. The largest absolute Gasteiger partial charge is 0.416 e. The molecule has 0 bridgehead atoms. The van der Waals surface area contributed by atoms with Gasteiger partial charge in [-0.2, -0.15) is 13.2 Å². The molecule has 4 amide bonds. The molecule has 1 aliphatic heterocycles. The quantitative estimate of drug-likeness (QED) is 0.651. The van der Waals surface area contributed by atoms with Crippen LogP contribution < -0.4 is 5.32 Å². The lowest BCUT2D eigenvalue weighted by Crippen LogP contribution is -2.30. The van der Waals surface area contributed by atoms with Crippen molar-refractivity contribution in [2.45, 2.75) is 12.7 Å². The van der Waals surface area contributed by atoms with Gasteiger partial charge in [0.1, 0.15) is 0 Å². The zero-order chi connectivity index (χ0) is 14.2. The Morgan fingerprint density at radius 1 is 1.16 bits per heavy atom. The van der Waals surface area contributed by atoms with E-state index < -0.39 is 29.6 Å². The van der Waals surface area contributed by atoms with Crippen LogP contribution in [0.3, 0.4) is 0 Å². The molecule has 0 aliphatic carbocycles. The van der Waals surface area contributed by atoms with E-state index >= 15 is 0 Å². The Hall–Kier alpha value is -2.38. The predicted octanol–water partition coefficient (Wildman–Crippen LogP) is 1.28. The van der Waals surface area contributed by atoms with Crippen LogP contribution in [0.15, 0.2) is 24.3 Å². The Morgan fingerprint density at radius 2 is 1.84 bits per heavy atom. The van der Waals surface area contributed by atoms with Crippen LogP contribution in [-0.4, -0.2) is 22.7 Å². The summed E-state index contributed by atoms with van der Waals surface area (Å²) in [4.78, 5) is 34.0. The second kappa shape index (κ2) is 4.38. The minimum Gasteiger partial charge on any atom is -0.269 e. The number of nitrogens with one attached hydrogen (secondary N) is 1. The van der Waals surface area contributed by atoms with E-state index in [9.17, 15) is 27.6 Å².